The highest BCUT2D eigenvalue weighted by atomic mass is 32.2. The summed E-state index contributed by atoms with van der Waals surface area (Å²) in [5, 5.41) is 2.95. The minimum absolute atomic E-state index is 0.198. The molecule has 0 bridgehead atoms. The molecule has 7 heteroatoms. The first-order valence-electron chi connectivity index (χ1n) is 9.83. The van der Waals surface area contributed by atoms with Crippen molar-refractivity contribution in [3.05, 3.63) is 89.5 Å². The monoisotopic (exact) mass is 438 g/mol. The molecular formula is C24H26N2O4S. The van der Waals surface area contributed by atoms with E-state index in [1.54, 1.807) is 55.6 Å². The molecular weight excluding hydrogens is 412 g/mol. The minimum atomic E-state index is -3.73. The fourth-order valence-corrected chi connectivity index (χ4v) is 4.29. The smallest absolute Gasteiger partial charge is 0.264 e. The summed E-state index contributed by atoms with van der Waals surface area (Å²) >= 11 is 0. The fraction of sp³-hybridized carbons (Fsp3) is 0.208. The molecule has 0 saturated carbocycles. The van der Waals surface area contributed by atoms with Crippen LogP contribution in [0.15, 0.2) is 77.7 Å². The summed E-state index contributed by atoms with van der Waals surface area (Å²) in [6.07, 6.45) is 0. The molecule has 6 nitrogen and oxygen atoms in total. The summed E-state index contributed by atoms with van der Waals surface area (Å²) in [5.74, 6) is 0.458. The van der Waals surface area contributed by atoms with Gasteiger partial charge in [-0.05, 0) is 61.9 Å². The lowest BCUT2D eigenvalue weighted by Crippen LogP contribution is -2.28. The van der Waals surface area contributed by atoms with Crippen molar-refractivity contribution in [1.29, 1.82) is 0 Å². The molecule has 0 aliphatic rings. The number of hydrogen-bond acceptors (Lipinski definition) is 4. The normalized spacial score (nSPS) is 12.1. The van der Waals surface area contributed by atoms with E-state index in [0.29, 0.717) is 11.3 Å². The quantitative estimate of drug-likeness (QED) is 0.596. The zero-order chi connectivity index (χ0) is 22.6. The molecule has 31 heavy (non-hydrogen) atoms. The van der Waals surface area contributed by atoms with Crippen molar-refractivity contribution >= 4 is 21.6 Å². The highest BCUT2D eigenvalue weighted by Gasteiger charge is 2.22. The van der Waals surface area contributed by atoms with Gasteiger partial charge >= 0.3 is 0 Å². The van der Waals surface area contributed by atoms with Crippen molar-refractivity contribution in [3.63, 3.8) is 0 Å². The lowest BCUT2D eigenvalue weighted by molar-refractivity contribution is 0.0940. The Morgan fingerprint density at radius 3 is 2.26 bits per heavy atom. The van der Waals surface area contributed by atoms with E-state index < -0.39 is 10.0 Å². The van der Waals surface area contributed by atoms with Gasteiger partial charge in [-0.1, -0.05) is 35.9 Å². The zero-order valence-electron chi connectivity index (χ0n) is 18.0. The molecule has 1 unspecified atom stereocenters. The Hall–Kier alpha value is -3.32. The van der Waals surface area contributed by atoms with Gasteiger partial charge < -0.3 is 10.1 Å². The third kappa shape index (κ3) is 5.06. The van der Waals surface area contributed by atoms with Crippen LogP contribution in [0.3, 0.4) is 0 Å². The van der Waals surface area contributed by atoms with Gasteiger partial charge in [0.25, 0.3) is 15.9 Å². The van der Waals surface area contributed by atoms with E-state index in [1.165, 1.54) is 11.4 Å². The predicted molar refractivity (Wildman–Crippen MR) is 122 cm³/mol. The van der Waals surface area contributed by atoms with Crippen LogP contribution in [0.5, 0.6) is 5.75 Å². The van der Waals surface area contributed by atoms with Crippen molar-refractivity contribution in [2.75, 3.05) is 18.5 Å². The Morgan fingerprint density at radius 2 is 1.65 bits per heavy atom. The topological polar surface area (TPSA) is 75.7 Å². The van der Waals surface area contributed by atoms with Crippen LogP contribution in [-0.2, 0) is 10.0 Å². The number of carbonyl (C=O) groups excluding carboxylic acids is 1. The van der Waals surface area contributed by atoms with Gasteiger partial charge in [0, 0.05) is 12.6 Å². The molecule has 0 aliphatic heterocycles. The second-order valence-corrected chi connectivity index (χ2v) is 9.27. The van der Waals surface area contributed by atoms with Crippen molar-refractivity contribution in [2.45, 2.75) is 24.8 Å². The number of amides is 1. The number of hydrogen-bond donors (Lipinski definition) is 1. The van der Waals surface area contributed by atoms with E-state index in [1.807, 2.05) is 38.1 Å². The maximum absolute atomic E-state index is 13.0. The van der Waals surface area contributed by atoms with Crippen LogP contribution in [0.25, 0.3) is 0 Å². The Balaban J connectivity index is 1.78. The van der Waals surface area contributed by atoms with Crippen molar-refractivity contribution in [3.8, 4) is 5.75 Å². The van der Waals surface area contributed by atoms with Gasteiger partial charge in [-0.15, -0.1) is 0 Å². The van der Waals surface area contributed by atoms with Gasteiger partial charge in [-0.2, -0.15) is 0 Å². The van der Waals surface area contributed by atoms with Crippen LogP contribution in [0.4, 0.5) is 5.69 Å². The molecule has 3 rings (SSSR count). The van der Waals surface area contributed by atoms with Crippen molar-refractivity contribution < 1.29 is 17.9 Å². The zero-order valence-corrected chi connectivity index (χ0v) is 18.8. The Morgan fingerprint density at radius 1 is 1.00 bits per heavy atom. The Bertz CT molecular complexity index is 1160. The van der Waals surface area contributed by atoms with Gasteiger partial charge in [0.2, 0.25) is 0 Å². The first-order valence-corrected chi connectivity index (χ1v) is 11.3. The second kappa shape index (κ2) is 9.22. The molecule has 3 aromatic carbocycles. The SMILES string of the molecule is COc1ccc(C(C)NC(=O)c2cccc(N(C)S(=O)(=O)c3ccc(C)cc3)c2)cc1. The average Bonchev–Trinajstić information content (AvgIpc) is 2.78. The lowest BCUT2D eigenvalue weighted by atomic mass is 10.1. The maximum Gasteiger partial charge on any atom is 0.264 e. The van der Waals surface area contributed by atoms with E-state index in [-0.39, 0.29) is 16.8 Å². The molecule has 0 spiro atoms. The van der Waals surface area contributed by atoms with Crippen LogP contribution in [-0.4, -0.2) is 28.5 Å². The van der Waals surface area contributed by atoms with Crippen LogP contribution in [0.1, 0.15) is 34.5 Å². The third-order valence-electron chi connectivity index (χ3n) is 5.11. The summed E-state index contributed by atoms with van der Waals surface area (Å²) in [6, 6.07) is 20.5. The number of nitrogens with one attached hydrogen (secondary N) is 1. The fourth-order valence-electron chi connectivity index (χ4n) is 3.11. The molecule has 1 N–H and O–H groups in total. The van der Waals surface area contributed by atoms with Gasteiger partial charge in [-0.3, -0.25) is 9.10 Å². The molecule has 1 atom stereocenters. The van der Waals surface area contributed by atoms with E-state index in [2.05, 4.69) is 5.32 Å². The average molecular weight is 439 g/mol. The molecule has 0 heterocycles. The molecule has 162 valence electrons. The number of carbonyl (C=O) groups is 1. The standard InChI is InChI=1S/C24H26N2O4S/c1-17-8-14-23(15-9-17)31(28,29)26(3)21-7-5-6-20(16-21)24(27)25-18(2)19-10-12-22(30-4)13-11-19/h5-16,18H,1-4H3,(H,25,27). The second-order valence-electron chi connectivity index (χ2n) is 7.30. The van der Waals surface area contributed by atoms with Gasteiger partial charge in [-0.25, -0.2) is 8.42 Å². The summed E-state index contributed by atoms with van der Waals surface area (Å²) in [4.78, 5) is 13.0. The summed E-state index contributed by atoms with van der Waals surface area (Å²) in [6.45, 7) is 3.78. The van der Waals surface area contributed by atoms with Gasteiger partial charge in [0.15, 0.2) is 0 Å². The summed E-state index contributed by atoms with van der Waals surface area (Å²) < 4.78 is 32.3. The van der Waals surface area contributed by atoms with Crippen LogP contribution in [0.2, 0.25) is 0 Å². The number of ether oxygens (including phenoxy) is 1. The first kappa shape index (κ1) is 22.4. The highest BCUT2D eigenvalue weighted by molar-refractivity contribution is 7.92. The molecule has 1 amide bonds. The van der Waals surface area contributed by atoms with E-state index >= 15 is 0 Å². The minimum Gasteiger partial charge on any atom is -0.497 e. The van der Waals surface area contributed by atoms with Crippen molar-refractivity contribution in [2.24, 2.45) is 0 Å². The number of aryl methyl sites for hydroxylation is 1. The molecule has 0 fully saturated rings. The molecule has 0 saturated heterocycles. The number of nitrogens with zero attached hydrogens (tertiary/aromatic N) is 1. The van der Waals surface area contributed by atoms with Gasteiger partial charge in [0.05, 0.1) is 23.7 Å². The lowest BCUT2D eigenvalue weighted by Gasteiger charge is -2.21. The van der Waals surface area contributed by atoms with Crippen LogP contribution < -0.4 is 14.4 Å². The number of sulfonamides is 1. The van der Waals surface area contributed by atoms with Gasteiger partial charge in [0.1, 0.15) is 5.75 Å². The predicted octanol–water partition coefficient (Wildman–Crippen LogP) is 4.32. The number of anilines is 1. The molecule has 0 radical (unpaired) electrons. The number of methoxy groups -OCH3 is 1. The molecule has 0 aliphatic carbocycles. The third-order valence-corrected chi connectivity index (χ3v) is 6.91. The summed E-state index contributed by atoms with van der Waals surface area (Å²) in [7, 11) is -0.655. The molecule has 0 aromatic heterocycles. The highest BCUT2D eigenvalue weighted by Crippen LogP contribution is 2.24. The Labute approximate surface area is 183 Å². The molecule has 3 aromatic rings. The van der Waals surface area contributed by atoms with E-state index in [0.717, 1.165) is 16.9 Å². The maximum atomic E-state index is 13.0. The van der Waals surface area contributed by atoms with E-state index in [4.69, 9.17) is 4.74 Å². The first-order chi connectivity index (χ1) is 14.7. The van der Waals surface area contributed by atoms with E-state index in [9.17, 15) is 13.2 Å². The van der Waals surface area contributed by atoms with Crippen LogP contribution in [0, 0.1) is 6.92 Å². The largest absolute Gasteiger partial charge is 0.497 e. The van der Waals surface area contributed by atoms with Crippen molar-refractivity contribution in [1.82, 2.24) is 5.32 Å². The van der Waals surface area contributed by atoms with Crippen LogP contribution >= 0.6 is 0 Å². The Kier molecular flexibility index (Phi) is 6.65. The number of rotatable bonds is 7. The summed E-state index contributed by atoms with van der Waals surface area (Å²) in [5.41, 5.74) is 2.70. The number of benzene rings is 3.